The second-order valence-electron chi connectivity index (χ2n) is 31.1. The number of amides is 1. The lowest BCUT2D eigenvalue weighted by atomic mass is 9.80. The number of carbonyl (C=O) groups excluding carboxylic acids is 1. The van der Waals surface area contributed by atoms with E-state index < -0.39 is 11.9 Å². The normalized spacial score (nSPS) is 22.1. The van der Waals surface area contributed by atoms with Gasteiger partial charge in [-0.1, -0.05) is 109 Å². The van der Waals surface area contributed by atoms with Gasteiger partial charge in [-0.15, -0.1) is 0 Å². The summed E-state index contributed by atoms with van der Waals surface area (Å²) < 4.78 is 37.8. The number of rotatable bonds is 15. The van der Waals surface area contributed by atoms with Crippen molar-refractivity contribution in [2.75, 3.05) is 78.5 Å². The topological polar surface area (TPSA) is 155 Å². The zero-order valence-electron chi connectivity index (χ0n) is 61.5. The fourth-order valence-corrected chi connectivity index (χ4v) is 15.0. The summed E-state index contributed by atoms with van der Waals surface area (Å²) in [6.07, 6.45) is 15.5. The maximum absolute atomic E-state index is 12.6. The number of pyridine rings is 3. The Bertz CT molecular complexity index is 2670. The van der Waals surface area contributed by atoms with Crippen LogP contribution in [0.3, 0.4) is 0 Å². The summed E-state index contributed by atoms with van der Waals surface area (Å²) in [7, 11) is 0. The molecule has 13 nitrogen and oxygen atoms in total. The van der Waals surface area contributed by atoms with E-state index in [0.29, 0.717) is 53.8 Å². The van der Waals surface area contributed by atoms with Crippen LogP contribution in [0.4, 0.5) is 13.2 Å². The van der Waals surface area contributed by atoms with Gasteiger partial charge >= 0.3 is 6.18 Å². The van der Waals surface area contributed by atoms with Gasteiger partial charge in [0, 0.05) is 50.9 Å². The minimum atomic E-state index is -4.36. The maximum atomic E-state index is 12.6. The predicted molar refractivity (Wildman–Crippen MR) is 381 cm³/mol. The Morgan fingerprint density at radius 2 is 1.04 bits per heavy atom. The van der Waals surface area contributed by atoms with E-state index in [2.05, 4.69) is 160 Å². The Kier molecular flexibility index (Phi) is 35.7. The Morgan fingerprint density at radius 1 is 0.558 bits per heavy atom. The fourth-order valence-electron chi connectivity index (χ4n) is 15.0. The largest absolute Gasteiger partial charge is 0.433 e. The van der Waals surface area contributed by atoms with E-state index in [-0.39, 0.29) is 0 Å². The van der Waals surface area contributed by atoms with Crippen LogP contribution in [0, 0.1) is 117 Å². The van der Waals surface area contributed by atoms with Crippen LogP contribution in [0.2, 0.25) is 0 Å². The van der Waals surface area contributed by atoms with Crippen molar-refractivity contribution in [2.24, 2.45) is 82.9 Å². The molecule has 0 spiro atoms. The van der Waals surface area contributed by atoms with Crippen LogP contribution < -0.4 is 5.32 Å². The second kappa shape index (κ2) is 42.1. The van der Waals surface area contributed by atoms with Crippen LogP contribution >= 0.6 is 0 Å². The van der Waals surface area contributed by atoms with Crippen molar-refractivity contribution in [3.05, 3.63) is 88.8 Å². The first kappa shape index (κ1) is 80.7. The monoisotopic (exact) mass is 1320 g/mol. The molecule has 6 aliphatic heterocycles. The molecule has 1 N–H and O–H groups in total. The Hall–Kier alpha value is -5.02. The third-order valence-electron chi connectivity index (χ3n) is 22.3. The number of halogens is 3. The molecule has 7 fully saturated rings. The molecular formula is C79H127F3N12O. The van der Waals surface area contributed by atoms with Crippen LogP contribution in [-0.4, -0.2) is 130 Å². The van der Waals surface area contributed by atoms with E-state index in [4.69, 9.17) is 15.8 Å². The predicted octanol–water partition coefficient (Wildman–Crippen LogP) is 16.8. The first-order valence-electron chi connectivity index (χ1n) is 37.3. The minimum absolute atomic E-state index is 0.385. The van der Waals surface area contributed by atoms with Crippen molar-refractivity contribution in [2.45, 2.75) is 225 Å². The number of nitrogens with one attached hydrogen (secondary N) is 1. The molecule has 0 bridgehead atoms. The van der Waals surface area contributed by atoms with Gasteiger partial charge in [0.05, 0.1) is 23.9 Å². The van der Waals surface area contributed by atoms with Crippen LogP contribution in [0.5, 0.6) is 0 Å². The highest BCUT2D eigenvalue weighted by Gasteiger charge is 2.35. The molecule has 530 valence electrons. The standard InChI is InChI=1S/C15H21F3N2.2C15H21N3.C13H23NO.C12H22N2.C9H19N/c1-11(2)12-6-8-20(9-7-12)10-13-4-3-5-14(19-13)15(16,17)18;1-12(2)14-4-7-18(8-5-14)11-13-3-6-17-15(9-13)10-16;1-12(2)13-6-8-18(9-7-13)11-15-5-3-4-14(10-16)17-15;1-10(2)12-7-4-8-14(9-12)13(15)11-5-3-6-11;1-10(2)12-5-8-14(9-6-12)11(3)4-7-13;1-7(2)9-4-5-10-6-8(9)3/h3-5,11-12H,6-10H2,1-2H3;3,6,9,12,14H,4-5,7-8,11H2,1-2H3;3-5,12-13H,6-9,11H2,1-2H3;10-12H,3-9H2,1-2H3;10-12H,4-6,8-9H2,1-3H3;7-10H,4-6H2,1-3H3/t;;;12-;;/m...1../s1. The van der Waals surface area contributed by atoms with Crippen LogP contribution in [0.15, 0.2) is 54.7 Å². The Balaban J connectivity index is 0.000000209. The number of piperidine rings is 6. The van der Waals surface area contributed by atoms with Crippen molar-refractivity contribution in [3.8, 4) is 18.2 Å². The van der Waals surface area contributed by atoms with Crippen LogP contribution in [0.25, 0.3) is 0 Å². The zero-order chi connectivity index (χ0) is 69.6. The van der Waals surface area contributed by atoms with Gasteiger partial charge in [0.25, 0.3) is 0 Å². The van der Waals surface area contributed by atoms with Gasteiger partial charge in [-0.25, -0.2) is 15.0 Å². The number of likely N-dealkylation sites (tertiary alicyclic amines) is 5. The quantitative estimate of drug-likeness (QED) is 0.154. The molecular weight excluding hydrogens is 1190 g/mol. The van der Waals surface area contributed by atoms with Crippen molar-refractivity contribution in [1.82, 2.24) is 44.8 Å². The van der Waals surface area contributed by atoms with E-state index in [9.17, 15) is 18.0 Å². The number of hydrogen-bond acceptors (Lipinski definition) is 12. The van der Waals surface area contributed by atoms with Gasteiger partial charge < -0.3 is 10.2 Å². The molecule has 10 rings (SSSR count). The lowest BCUT2D eigenvalue weighted by molar-refractivity contribution is -0.141. The molecule has 3 aromatic heterocycles. The molecule has 0 aromatic carbocycles. The van der Waals surface area contributed by atoms with E-state index in [0.717, 1.165) is 161 Å². The Labute approximate surface area is 575 Å². The number of hydrogen-bond donors (Lipinski definition) is 1. The molecule has 0 radical (unpaired) electrons. The fraction of sp³-hybridized carbons (Fsp3) is 0.759. The summed E-state index contributed by atoms with van der Waals surface area (Å²) in [5.74, 6) is 11.5. The third kappa shape index (κ3) is 28.8. The first-order chi connectivity index (χ1) is 45.3. The number of alkyl halides is 3. The molecule has 7 aliphatic rings. The summed E-state index contributed by atoms with van der Waals surface area (Å²) in [4.78, 5) is 35.9. The third-order valence-corrected chi connectivity index (χ3v) is 22.3. The lowest BCUT2D eigenvalue weighted by Gasteiger charge is -2.38. The van der Waals surface area contributed by atoms with Crippen LogP contribution in [0.1, 0.15) is 227 Å². The van der Waals surface area contributed by atoms with E-state index in [1.54, 1.807) is 18.3 Å². The number of nitriles is 3. The average Bonchev–Trinajstić information content (AvgIpc) is 1.10. The maximum Gasteiger partial charge on any atom is 0.433 e. The van der Waals surface area contributed by atoms with Crippen molar-refractivity contribution in [3.63, 3.8) is 0 Å². The molecule has 1 aliphatic carbocycles. The summed E-state index contributed by atoms with van der Waals surface area (Å²) in [5.41, 5.74) is 2.95. The highest BCUT2D eigenvalue weighted by molar-refractivity contribution is 5.79. The number of nitrogens with zero attached hydrogens (tertiary/aromatic N) is 11. The molecule has 9 heterocycles. The lowest BCUT2D eigenvalue weighted by Crippen LogP contribution is -2.45. The SMILES string of the molecule is CC(C)C1CCN(C(C)CC#N)CC1.CC(C)C1CCN(Cc2cccc(C#N)n2)CC1.CC(C)C1CCN(Cc2cccc(C(F)(F)F)n2)CC1.CC(C)C1CCN(Cc2ccnc(C#N)c2)CC1.CC(C)C1CCNCC1C.CC(C)[C@@H]1CCCN(C(=O)C2CCC2)C1. The van der Waals surface area contributed by atoms with Crippen molar-refractivity contribution >= 4 is 5.91 Å². The zero-order valence-corrected chi connectivity index (χ0v) is 61.5. The van der Waals surface area contributed by atoms with Gasteiger partial charge in [-0.2, -0.15) is 29.0 Å². The summed E-state index contributed by atoms with van der Waals surface area (Å²) >= 11 is 0. The molecule has 3 unspecified atom stereocenters. The van der Waals surface area contributed by atoms with Gasteiger partial charge in [-0.05, 0) is 275 Å². The summed E-state index contributed by atoms with van der Waals surface area (Å²) in [5, 5.41) is 29.7. The second-order valence-corrected chi connectivity index (χ2v) is 31.1. The molecule has 6 saturated heterocycles. The first-order valence-corrected chi connectivity index (χ1v) is 37.3. The van der Waals surface area contributed by atoms with Crippen molar-refractivity contribution in [1.29, 1.82) is 15.8 Å². The van der Waals surface area contributed by atoms with Gasteiger partial charge in [0.2, 0.25) is 5.91 Å². The molecule has 1 amide bonds. The molecule has 95 heavy (non-hydrogen) atoms. The highest BCUT2D eigenvalue weighted by Crippen LogP contribution is 2.34. The van der Waals surface area contributed by atoms with E-state index >= 15 is 0 Å². The van der Waals surface area contributed by atoms with E-state index in [1.807, 2.05) is 24.3 Å². The molecule has 16 heteroatoms. The van der Waals surface area contributed by atoms with Crippen LogP contribution in [-0.2, 0) is 30.6 Å². The van der Waals surface area contributed by atoms with Gasteiger partial charge in [0.15, 0.2) is 0 Å². The molecule has 4 atom stereocenters. The Morgan fingerprint density at radius 3 is 1.47 bits per heavy atom. The van der Waals surface area contributed by atoms with Gasteiger partial charge in [-0.3, -0.25) is 24.4 Å². The number of carbonyl (C=O) groups is 1. The van der Waals surface area contributed by atoms with Crippen molar-refractivity contribution < 1.29 is 18.0 Å². The molecule has 1 saturated carbocycles. The minimum Gasteiger partial charge on any atom is -0.342 e. The molecule has 3 aromatic rings. The highest BCUT2D eigenvalue weighted by atomic mass is 19.4. The summed E-state index contributed by atoms with van der Waals surface area (Å²) in [6, 6.07) is 20.6. The summed E-state index contributed by atoms with van der Waals surface area (Å²) in [6.45, 7) is 47.9. The number of aromatic nitrogens is 3. The van der Waals surface area contributed by atoms with E-state index in [1.165, 1.54) is 115 Å². The average molecular weight is 1320 g/mol. The smallest absolute Gasteiger partial charge is 0.342 e. The van der Waals surface area contributed by atoms with Gasteiger partial charge in [0.1, 0.15) is 29.2 Å².